The largest absolute Gasteiger partial charge is 0.454 e. The molecule has 0 radical (unpaired) electrons. The second kappa shape index (κ2) is 13.0. The number of aromatic nitrogens is 4. The van der Waals surface area contributed by atoms with Crippen LogP contribution in [0, 0.1) is 13.8 Å². The fraction of sp³-hybridized carbons (Fsp3) is 0.226. The van der Waals surface area contributed by atoms with E-state index in [0.717, 1.165) is 39.1 Å². The van der Waals surface area contributed by atoms with Gasteiger partial charge in [-0.2, -0.15) is 0 Å². The molecule has 0 unspecified atom stereocenters. The molecule has 5 rings (SSSR count). The van der Waals surface area contributed by atoms with Crippen molar-refractivity contribution in [1.82, 2.24) is 24.8 Å². The first-order valence-electron chi connectivity index (χ1n) is 13.4. The molecule has 0 aliphatic carbocycles. The predicted octanol–water partition coefficient (Wildman–Crippen LogP) is 5.53. The average molecular weight is 587 g/mol. The highest BCUT2D eigenvalue weighted by molar-refractivity contribution is 6.32. The van der Waals surface area contributed by atoms with Crippen LogP contribution in [-0.2, 0) is 11.2 Å². The highest BCUT2D eigenvalue weighted by Crippen LogP contribution is 2.36. The highest BCUT2D eigenvalue weighted by Gasteiger charge is 2.16. The minimum Gasteiger partial charge on any atom is -0.454 e. The van der Waals surface area contributed by atoms with E-state index in [2.05, 4.69) is 25.6 Å². The minimum atomic E-state index is -0.223. The summed E-state index contributed by atoms with van der Waals surface area (Å²) in [5.41, 5.74) is 5.26. The Labute approximate surface area is 248 Å². The number of rotatable bonds is 11. The number of fused-ring (bicyclic) bond motifs is 1. The molecule has 0 spiro atoms. The number of pyridine rings is 1. The minimum absolute atomic E-state index is 0.0737. The first kappa shape index (κ1) is 29.0. The fourth-order valence-corrected chi connectivity index (χ4v) is 4.84. The van der Waals surface area contributed by atoms with E-state index in [1.165, 1.54) is 6.33 Å². The molecule has 42 heavy (non-hydrogen) atoms. The van der Waals surface area contributed by atoms with Crippen molar-refractivity contribution in [2.24, 2.45) is 0 Å². The number of nitrogens with zero attached hydrogens (tertiary/aromatic N) is 4. The molecule has 0 bridgehead atoms. The second-order valence-electron chi connectivity index (χ2n) is 9.72. The van der Waals surface area contributed by atoms with E-state index in [9.17, 15) is 9.90 Å². The Kier molecular flexibility index (Phi) is 8.97. The van der Waals surface area contributed by atoms with Gasteiger partial charge in [0.15, 0.2) is 0 Å². The maximum Gasteiger partial charge on any atom is 0.253 e. The molecular weight excluding hydrogens is 556 g/mol. The summed E-state index contributed by atoms with van der Waals surface area (Å²) in [6.07, 6.45) is 7.12. The van der Waals surface area contributed by atoms with Gasteiger partial charge in [0.05, 0.1) is 28.9 Å². The van der Waals surface area contributed by atoms with E-state index in [1.807, 2.05) is 61.0 Å². The van der Waals surface area contributed by atoms with Gasteiger partial charge in [-0.15, -0.1) is 0 Å². The summed E-state index contributed by atoms with van der Waals surface area (Å²) in [6, 6.07) is 13.2. The van der Waals surface area contributed by atoms with Crippen molar-refractivity contribution in [1.29, 1.82) is 0 Å². The van der Waals surface area contributed by atoms with Crippen LogP contribution in [-0.4, -0.2) is 57.4 Å². The molecule has 3 N–H and O–H groups in total. The van der Waals surface area contributed by atoms with Crippen molar-refractivity contribution in [3.63, 3.8) is 0 Å². The third-order valence-corrected chi connectivity index (χ3v) is 6.92. The number of amides is 1. The zero-order valence-corrected chi connectivity index (χ0v) is 24.3. The standard InChI is InChI=1S/C31H31ClN6O4/c1-19-12-22(13-27(32)29(19)42-24-6-4-20(2)34-15-24)37-30-25-14-23(5-7-28(25)35-18-36-30)38-16-21(8-10-39)26(17-38)31(40)33-9-11-41-3/h4-7,12-18,39H,8-11H2,1-3H3,(H,33,40)(H,35,36,37). The SMILES string of the molecule is COCCNC(=O)c1cn(-c2ccc3ncnc(Nc4cc(C)c(Oc5ccc(C)nc5)c(Cl)c4)c3c2)cc1CCO. The number of aryl methyl sites for hydroxylation is 2. The smallest absolute Gasteiger partial charge is 0.253 e. The van der Waals surface area contributed by atoms with Crippen molar-refractivity contribution >= 4 is 39.9 Å². The quantitative estimate of drug-likeness (QED) is 0.173. The van der Waals surface area contributed by atoms with Gasteiger partial charge in [-0.25, -0.2) is 9.97 Å². The third kappa shape index (κ3) is 6.52. The molecule has 5 aromatic rings. The summed E-state index contributed by atoms with van der Waals surface area (Å²) in [4.78, 5) is 26.0. The first-order valence-corrected chi connectivity index (χ1v) is 13.8. The third-order valence-electron chi connectivity index (χ3n) is 6.64. The van der Waals surface area contributed by atoms with Crippen LogP contribution in [0.25, 0.3) is 16.6 Å². The molecule has 0 aliphatic heterocycles. The van der Waals surface area contributed by atoms with Gasteiger partial charge in [-0.05, 0) is 73.9 Å². The molecule has 0 saturated carbocycles. The number of anilines is 2. The fourth-order valence-electron chi connectivity index (χ4n) is 4.54. The van der Waals surface area contributed by atoms with Crippen molar-refractivity contribution in [3.8, 4) is 17.2 Å². The van der Waals surface area contributed by atoms with Gasteiger partial charge in [0, 0.05) is 55.1 Å². The number of hydrogen-bond donors (Lipinski definition) is 3. The molecular formula is C31H31ClN6O4. The summed E-state index contributed by atoms with van der Waals surface area (Å²) in [6.45, 7) is 4.56. The van der Waals surface area contributed by atoms with Gasteiger partial charge in [0.2, 0.25) is 0 Å². The Bertz CT molecular complexity index is 1700. The number of halogens is 1. The van der Waals surface area contributed by atoms with Gasteiger partial charge in [-0.1, -0.05) is 11.6 Å². The molecule has 3 heterocycles. The van der Waals surface area contributed by atoms with Gasteiger partial charge in [0.1, 0.15) is 23.6 Å². The van der Waals surface area contributed by atoms with Gasteiger partial charge < -0.3 is 29.8 Å². The lowest BCUT2D eigenvalue weighted by Crippen LogP contribution is -2.27. The van der Waals surface area contributed by atoms with E-state index in [-0.39, 0.29) is 12.5 Å². The van der Waals surface area contributed by atoms with Gasteiger partial charge >= 0.3 is 0 Å². The molecule has 0 fully saturated rings. The zero-order chi connectivity index (χ0) is 29.6. The van der Waals surface area contributed by atoms with Crippen molar-refractivity contribution in [3.05, 3.63) is 94.8 Å². The Morgan fingerprint density at radius 3 is 2.67 bits per heavy atom. The van der Waals surface area contributed by atoms with Gasteiger partial charge in [-0.3, -0.25) is 9.78 Å². The Morgan fingerprint density at radius 1 is 1.07 bits per heavy atom. The van der Waals surface area contributed by atoms with Crippen LogP contribution >= 0.6 is 11.6 Å². The number of nitrogens with one attached hydrogen (secondary N) is 2. The molecule has 3 aromatic heterocycles. The maximum atomic E-state index is 12.8. The van der Waals surface area contributed by atoms with E-state index in [1.54, 1.807) is 25.6 Å². The van der Waals surface area contributed by atoms with Crippen LogP contribution in [0.3, 0.4) is 0 Å². The zero-order valence-electron chi connectivity index (χ0n) is 23.5. The van der Waals surface area contributed by atoms with E-state index < -0.39 is 0 Å². The lowest BCUT2D eigenvalue weighted by atomic mass is 10.1. The second-order valence-corrected chi connectivity index (χ2v) is 10.1. The predicted molar refractivity (Wildman–Crippen MR) is 162 cm³/mol. The molecule has 0 saturated heterocycles. The summed E-state index contributed by atoms with van der Waals surface area (Å²) in [5, 5.41) is 17.0. The Balaban J connectivity index is 1.44. The highest BCUT2D eigenvalue weighted by atomic mass is 35.5. The topological polar surface area (TPSA) is 123 Å². The van der Waals surface area contributed by atoms with Crippen molar-refractivity contribution in [2.75, 3.05) is 32.2 Å². The van der Waals surface area contributed by atoms with Crippen LogP contribution in [0.5, 0.6) is 11.5 Å². The molecule has 0 aliphatic rings. The van der Waals surface area contributed by atoms with E-state index in [4.69, 9.17) is 21.1 Å². The number of carbonyl (C=O) groups is 1. The summed E-state index contributed by atoms with van der Waals surface area (Å²) in [7, 11) is 1.58. The number of carbonyl (C=O) groups excluding carboxylic acids is 1. The van der Waals surface area contributed by atoms with E-state index in [0.29, 0.717) is 47.5 Å². The van der Waals surface area contributed by atoms with Crippen molar-refractivity contribution in [2.45, 2.75) is 20.3 Å². The molecule has 10 nitrogen and oxygen atoms in total. The molecule has 216 valence electrons. The number of hydrogen-bond acceptors (Lipinski definition) is 8. The molecule has 11 heteroatoms. The van der Waals surface area contributed by atoms with Crippen molar-refractivity contribution < 1.29 is 19.4 Å². The summed E-state index contributed by atoms with van der Waals surface area (Å²) >= 11 is 6.63. The van der Waals surface area contributed by atoms with Crippen LogP contribution in [0.2, 0.25) is 5.02 Å². The lowest BCUT2D eigenvalue weighted by Gasteiger charge is -2.14. The Morgan fingerprint density at radius 2 is 1.93 bits per heavy atom. The van der Waals surface area contributed by atoms with Crippen LogP contribution < -0.4 is 15.4 Å². The average Bonchev–Trinajstić information content (AvgIpc) is 3.40. The number of aliphatic hydroxyl groups is 1. The molecule has 2 aromatic carbocycles. The number of aliphatic hydroxyl groups excluding tert-OH is 1. The van der Waals surface area contributed by atoms with Crippen LogP contribution in [0.1, 0.15) is 27.2 Å². The Hall–Kier alpha value is -4.51. The monoisotopic (exact) mass is 586 g/mol. The maximum absolute atomic E-state index is 12.8. The summed E-state index contributed by atoms with van der Waals surface area (Å²) in [5.74, 6) is 1.52. The van der Waals surface area contributed by atoms with Crippen LogP contribution in [0.4, 0.5) is 11.5 Å². The first-order chi connectivity index (χ1) is 20.4. The van der Waals surface area contributed by atoms with Gasteiger partial charge in [0.25, 0.3) is 5.91 Å². The molecule has 1 amide bonds. The number of ether oxygens (including phenoxy) is 2. The number of methoxy groups -OCH3 is 1. The normalized spacial score (nSPS) is 11.1. The van der Waals surface area contributed by atoms with Crippen LogP contribution in [0.15, 0.2) is 67.4 Å². The number of benzene rings is 2. The lowest BCUT2D eigenvalue weighted by molar-refractivity contribution is 0.0936. The molecule has 0 atom stereocenters. The van der Waals surface area contributed by atoms with E-state index >= 15 is 0 Å². The summed E-state index contributed by atoms with van der Waals surface area (Å²) < 4.78 is 12.9.